The molecule has 1 saturated heterocycles. The number of rotatable bonds is 6. The number of esters is 1. The molecule has 1 saturated carbocycles. The Kier molecular flexibility index (Phi) is 4.86. The molecule has 2 fully saturated rings. The summed E-state index contributed by atoms with van der Waals surface area (Å²) in [7, 11) is -3.64. The highest BCUT2D eigenvalue weighted by molar-refractivity contribution is 7.87. The SMILES string of the molecule is C=C1CC2COC(=O)C2(Cc2ccc(OS(=O)(=O)CCC)c(Cl)c2)C1. The lowest BCUT2D eigenvalue weighted by Gasteiger charge is -2.24. The zero-order chi connectivity index (χ0) is 18.2. The smallest absolute Gasteiger partial charge is 0.313 e. The average Bonchev–Trinajstić information content (AvgIpc) is 2.97. The van der Waals surface area contributed by atoms with Crippen molar-refractivity contribution in [2.45, 2.75) is 32.6 Å². The first kappa shape index (κ1) is 18.3. The first-order valence-corrected chi connectivity index (χ1v) is 10.3. The van der Waals surface area contributed by atoms with Gasteiger partial charge in [-0.25, -0.2) is 0 Å². The predicted octanol–water partition coefficient (Wildman–Crippen LogP) is 3.51. The van der Waals surface area contributed by atoms with Crippen molar-refractivity contribution in [3.8, 4) is 5.75 Å². The molecule has 3 rings (SSSR count). The van der Waals surface area contributed by atoms with Crippen molar-refractivity contribution < 1.29 is 22.1 Å². The van der Waals surface area contributed by atoms with Crippen molar-refractivity contribution in [2.24, 2.45) is 11.3 Å². The van der Waals surface area contributed by atoms with Crippen LogP contribution in [0.2, 0.25) is 5.02 Å². The number of allylic oxidation sites excluding steroid dienone is 1. The van der Waals surface area contributed by atoms with E-state index in [1.165, 1.54) is 0 Å². The van der Waals surface area contributed by atoms with Crippen LogP contribution in [-0.4, -0.2) is 26.7 Å². The molecule has 0 amide bonds. The van der Waals surface area contributed by atoms with Gasteiger partial charge in [-0.2, -0.15) is 8.42 Å². The summed E-state index contributed by atoms with van der Waals surface area (Å²) in [6.07, 6.45) is 2.39. The van der Waals surface area contributed by atoms with Gasteiger partial charge >= 0.3 is 16.1 Å². The molecule has 2 unspecified atom stereocenters. The van der Waals surface area contributed by atoms with E-state index >= 15 is 0 Å². The lowest BCUT2D eigenvalue weighted by molar-refractivity contribution is -0.146. The molecule has 2 atom stereocenters. The molecule has 7 heteroatoms. The Morgan fingerprint density at radius 3 is 2.88 bits per heavy atom. The van der Waals surface area contributed by atoms with Crippen LogP contribution in [-0.2, 0) is 26.1 Å². The number of ether oxygens (including phenoxy) is 1. The van der Waals surface area contributed by atoms with Crippen molar-refractivity contribution in [1.29, 1.82) is 0 Å². The van der Waals surface area contributed by atoms with Crippen molar-refractivity contribution in [3.05, 3.63) is 40.9 Å². The molecule has 5 nitrogen and oxygen atoms in total. The van der Waals surface area contributed by atoms with E-state index in [-0.39, 0.29) is 28.4 Å². The van der Waals surface area contributed by atoms with Gasteiger partial charge in [-0.3, -0.25) is 4.79 Å². The second-order valence-electron chi connectivity index (χ2n) is 6.87. The van der Waals surface area contributed by atoms with Crippen LogP contribution in [0.3, 0.4) is 0 Å². The molecule has 0 radical (unpaired) electrons. The Balaban J connectivity index is 1.82. The van der Waals surface area contributed by atoms with Gasteiger partial charge in [0, 0.05) is 5.92 Å². The molecule has 1 aliphatic carbocycles. The highest BCUT2D eigenvalue weighted by atomic mass is 35.5. The summed E-state index contributed by atoms with van der Waals surface area (Å²) in [5.41, 5.74) is 1.35. The number of benzene rings is 1. The summed E-state index contributed by atoms with van der Waals surface area (Å²) in [5, 5.41) is 0.216. The fourth-order valence-corrected chi connectivity index (χ4v) is 5.07. The Morgan fingerprint density at radius 2 is 2.20 bits per heavy atom. The lowest BCUT2D eigenvalue weighted by atomic mass is 9.75. The van der Waals surface area contributed by atoms with E-state index in [1.807, 2.05) is 0 Å². The molecule has 1 aliphatic heterocycles. The van der Waals surface area contributed by atoms with E-state index in [1.54, 1.807) is 25.1 Å². The number of carbonyl (C=O) groups is 1. The maximum atomic E-state index is 12.3. The van der Waals surface area contributed by atoms with E-state index in [4.69, 9.17) is 20.5 Å². The molecule has 1 heterocycles. The molecule has 1 aromatic carbocycles. The van der Waals surface area contributed by atoms with Gasteiger partial charge in [-0.15, -0.1) is 0 Å². The monoisotopic (exact) mass is 384 g/mol. The van der Waals surface area contributed by atoms with Gasteiger partial charge in [0.05, 0.1) is 22.8 Å². The Labute approximate surface area is 153 Å². The van der Waals surface area contributed by atoms with E-state index in [9.17, 15) is 13.2 Å². The molecule has 0 aromatic heterocycles. The van der Waals surface area contributed by atoms with E-state index < -0.39 is 15.5 Å². The van der Waals surface area contributed by atoms with Gasteiger partial charge in [0.1, 0.15) is 0 Å². The minimum atomic E-state index is -3.64. The van der Waals surface area contributed by atoms with Crippen molar-refractivity contribution in [2.75, 3.05) is 12.4 Å². The minimum absolute atomic E-state index is 0.0657. The molecule has 2 aliphatic rings. The Bertz CT molecular complexity index is 817. The fraction of sp³-hybridized carbons (Fsp3) is 0.500. The zero-order valence-electron chi connectivity index (χ0n) is 14.1. The topological polar surface area (TPSA) is 69.7 Å². The zero-order valence-corrected chi connectivity index (χ0v) is 15.7. The second-order valence-corrected chi connectivity index (χ2v) is 8.97. The molecular weight excluding hydrogens is 364 g/mol. The van der Waals surface area contributed by atoms with Gasteiger partial charge in [0.25, 0.3) is 0 Å². The standard InChI is InChI=1S/C18H21ClO5S/c1-3-6-25(21,22)24-16-5-4-13(8-15(16)19)10-18-9-12(2)7-14(18)11-23-17(18)20/h4-5,8,14H,2-3,6-7,9-11H2,1H3. The molecule has 0 N–H and O–H groups in total. The molecule has 1 aromatic rings. The summed E-state index contributed by atoms with van der Waals surface area (Å²) in [6.45, 7) is 6.22. The minimum Gasteiger partial charge on any atom is -0.465 e. The molecule has 25 heavy (non-hydrogen) atoms. The summed E-state index contributed by atoms with van der Waals surface area (Å²) >= 11 is 6.20. The number of halogens is 1. The quantitative estimate of drug-likeness (QED) is 0.426. The highest BCUT2D eigenvalue weighted by Gasteiger charge is 2.55. The number of fused-ring (bicyclic) bond motifs is 1. The number of hydrogen-bond donors (Lipinski definition) is 0. The highest BCUT2D eigenvalue weighted by Crippen LogP contribution is 2.52. The third-order valence-electron chi connectivity index (χ3n) is 4.89. The summed E-state index contributed by atoms with van der Waals surface area (Å²) < 4.78 is 33.9. The van der Waals surface area contributed by atoms with Gasteiger partial charge in [0.2, 0.25) is 0 Å². The molecule has 0 spiro atoms. The lowest BCUT2D eigenvalue weighted by Crippen LogP contribution is -2.31. The van der Waals surface area contributed by atoms with E-state index in [0.717, 1.165) is 17.6 Å². The summed E-state index contributed by atoms with van der Waals surface area (Å²) in [6, 6.07) is 4.96. The second kappa shape index (κ2) is 6.65. The molecular formula is C18H21ClO5S. The normalized spacial score (nSPS) is 25.8. The van der Waals surface area contributed by atoms with Gasteiger partial charge < -0.3 is 8.92 Å². The molecule has 0 bridgehead atoms. The van der Waals surface area contributed by atoms with Crippen LogP contribution >= 0.6 is 11.6 Å². The third kappa shape index (κ3) is 3.55. The van der Waals surface area contributed by atoms with Crippen LogP contribution in [0.15, 0.2) is 30.4 Å². The van der Waals surface area contributed by atoms with Crippen LogP contribution in [0.5, 0.6) is 5.75 Å². The number of cyclic esters (lactones) is 1. The maximum absolute atomic E-state index is 12.3. The molecule has 136 valence electrons. The maximum Gasteiger partial charge on any atom is 0.313 e. The van der Waals surface area contributed by atoms with Crippen LogP contribution in [0, 0.1) is 11.3 Å². The van der Waals surface area contributed by atoms with Crippen LogP contribution in [0.25, 0.3) is 0 Å². The predicted molar refractivity (Wildman–Crippen MR) is 95.1 cm³/mol. The Morgan fingerprint density at radius 1 is 1.44 bits per heavy atom. The largest absolute Gasteiger partial charge is 0.465 e. The first-order valence-electron chi connectivity index (χ1n) is 8.30. The van der Waals surface area contributed by atoms with Crippen molar-refractivity contribution >= 4 is 27.7 Å². The van der Waals surface area contributed by atoms with Crippen LogP contribution < -0.4 is 4.18 Å². The van der Waals surface area contributed by atoms with Crippen LogP contribution in [0.1, 0.15) is 31.7 Å². The van der Waals surface area contributed by atoms with Gasteiger partial charge in [-0.1, -0.05) is 36.7 Å². The number of hydrogen-bond acceptors (Lipinski definition) is 5. The fourth-order valence-electron chi connectivity index (χ4n) is 3.78. The summed E-state index contributed by atoms with van der Waals surface area (Å²) in [4.78, 5) is 12.3. The Hall–Kier alpha value is -1.53. The number of carbonyl (C=O) groups excluding carboxylic acids is 1. The van der Waals surface area contributed by atoms with Gasteiger partial charge in [-0.05, 0) is 43.4 Å². The first-order chi connectivity index (χ1) is 11.8. The van der Waals surface area contributed by atoms with E-state index in [0.29, 0.717) is 25.9 Å². The third-order valence-corrected chi connectivity index (χ3v) is 6.53. The van der Waals surface area contributed by atoms with Crippen LogP contribution in [0.4, 0.5) is 0 Å². The van der Waals surface area contributed by atoms with Gasteiger partial charge in [0.15, 0.2) is 5.75 Å². The van der Waals surface area contributed by atoms with Crippen molar-refractivity contribution in [3.63, 3.8) is 0 Å². The van der Waals surface area contributed by atoms with Crippen molar-refractivity contribution in [1.82, 2.24) is 0 Å². The van der Waals surface area contributed by atoms with E-state index in [2.05, 4.69) is 6.58 Å². The average molecular weight is 385 g/mol. The summed E-state index contributed by atoms with van der Waals surface area (Å²) in [5.74, 6) is 0.00657.